The number of halogens is 2. The maximum atomic E-state index is 13.5. The number of amides is 1. The monoisotopic (exact) mass is 482 g/mol. The highest BCUT2D eigenvalue weighted by Crippen LogP contribution is 2.36. The lowest BCUT2D eigenvalue weighted by Crippen LogP contribution is -2.32. The van der Waals surface area contributed by atoms with Crippen LogP contribution in [0.25, 0.3) is 0 Å². The predicted octanol–water partition coefficient (Wildman–Crippen LogP) is 6.17. The van der Waals surface area contributed by atoms with Gasteiger partial charge in [-0.25, -0.2) is 5.01 Å². The molecule has 4 nitrogen and oxygen atoms in total. The molecule has 1 amide bonds. The molecular weight excluding hydrogens is 464 g/mol. The van der Waals surface area contributed by atoms with E-state index in [1.807, 2.05) is 78.9 Å². The van der Waals surface area contributed by atoms with E-state index < -0.39 is 6.10 Å². The minimum atomic E-state index is -0.738. The Bertz CT molecular complexity index is 1090. The van der Waals surface area contributed by atoms with Gasteiger partial charge in [-0.3, -0.25) is 4.79 Å². The standard InChI is InChI=1S/C24H20BrClN2O2/c1-30-23(16-7-3-2-4-8-16)24(29)28-22(18-10-6-12-20(26)14-18)15-21(27-28)17-9-5-11-19(25)13-17/h2-14,22-23H,15H2,1H3/t22-,23+/m0/s1. The highest BCUT2D eigenvalue weighted by Gasteiger charge is 2.37. The van der Waals surface area contributed by atoms with Crippen molar-refractivity contribution in [3.63, 3.8) is 0 Å². The summed E-state index contributed by atoms with van der Waals surface area (Å²) in [5.74, 6) is -0.210. The molecule has 3 aromatic rings. The van der Waals surface area contributed by atoms with E-state index in [4.69, 9.17) is 21.4 Å². The maximum Gasteiger partial charge on any atom is 0.276 e. The number of hydrogen-bond acceptors (Lipinski definition) is 3. The Kier molecular flexibility index (Phi) is 6.32. The summed E-state index contributed by atoms with van der Waals surface area (Å²) in [6.45, 7) is 0. The maximum absolute atomic E-state index is 13.5. The van der Waals surface area contributed by atoms with Gasteiger partial charge in [0.1, 0.15) is 0 Å². The smallest absolute Gasteiger partial charge is 0.276 e. The molecule has 1 aliphatic rings. The molecule has 0 saturated heterocycles. The summed E-state index contributed by atoms with van der Waals surface area (Å²) in [6.07, 6.45) is -0.146. The molecule has 0 bridgehead atoms. The zero-order valence-electron chi connectivity index (χ0n) is 16.3. The second-order valence-electron chi connectivity index (χ2n) is 7.04. The number of nitrogens with zero attached hydrogens (tertiary/aromatic N) is 2. The second-order valence-corrected chi connectivity index (χ2v) is 8.39. The Morgan fingerprint density at radius 3 is 2.57 bits per heavy atom. The third-order valence-electron chi connectivity index (χ3n) is 5.09. The molecule has 0 spiro atoms. The molecule has 0 radical (unpaired) electrons. The Morgan fingerprint density at radius 2 is 1.87 bits per heavy atom. The number of carbonyl (C=O) groups is 1. The number of benzene rings is 3. The van der Waals surface area contributed by atoms with E-state index in [2.05, 4.69) is 15.9 Å². The van der Waals surface area contributed by atoms with Crippen LogP contribution in [-0.4, -0.2) is 23.7 Å². The summed E-state index contributed by atoms with van der Waals surface area (Å²) >= 11 is 9.75. The highest BCUT2D eigenvalue weighted by molar-refractivity contribution is 9.10. The molecule has 6 heteroatoms. The fourth-order valence-corrected chi connectivity index (χ4v) is 4.25. The fraction of sp³-hybridized carbons (Fsp3) is 0.167. The van der Waals surface area contributed by atoms with E-state index in [-0.39, 0.29) is 11.9 Å². The van der Waals surface area contributed by atoms with Crippen LogP contribution in [-0.2, 0) is 9.53 Å². The van der Waals surface area contributed by atoms with Gasteiger partial charge in [0.05, 0.1) is 11.8 Å². The molecule has 0 saturated carbocycles. The molecule has 0 aliphatic carbocycles. The predicted molar refractivity (Wildman–Crippen MR) is 123 cm³/mol. The van der Waals surface area contributed by atoms with E-state index in [9.17, 15) is 4.79 Å². The van der Waals surface area contributed by atoms with Gasteiger partial charge in [0, 0.05) is 23.0 Å². The van der Waals surface area contributed by atoms with Gasteiger partial charge in [0.15, 0.2) is 6.10 Å². The number of ether oxygens (including phenoxy) is 1. The van der Waals surface area contributed by atoms with Crippen LogP contribution in [0.4, 0.5) is 0 Å². The van der Waals surface area contributed by atoms with Crippen LogP contribution in [0.15, 0.2) is 88.4 Å². The van der Waals surface area contributed by atoms with Crippen molar-refractivity contribution in [3.8, 4) is 0 Å². The number of rotatable bonds is 5. The van der Waals surface area contributed by atoms with Crippen molar-refractivity contribution in [2.75, 3.05) is 7.11 Å². The Labute approximate surface area is 189 Å². The van der Waals surface area contributed by atoms with Gasteiger partial charge >= 0.3 is 0 Å². The zero-order valence-corrected chi connectivity index (χ0v) is 18.7. The quantitative estimate of drug-likeness (QED) is 0.435. The van der Waals surface area contributed by atoms with E-state index in [1.54, 1.807) is 12.1 Å². The number of methoxy groups -OCH3 is 1. The van der Waals surface area contributed by atoms with Crippen LogP contribution in [0.3, 0.4) is 0 Å². The minimum Gasteiger partial charge on any atom is -0.367 e. The molecule has 152 valence electrons. The van der Waals surface area contributed by atoms with Crippen molar-refractivity contribution < 1.29 is 9.53 Å². The summed E-state index contributed by atoms with van der Waals surface area (Å²) in [6, 6.07) is 24.7. The SMILES string of the molecule is CO[C@@H](C(=O)N1N=C(c2cccc(Br)c2)C[C@H]1c1cccc(Cl)c1)c1ccccc1. The van der Waals surface area contributed by atoms with Gasteiger partial charge in [0.25, 0.3) is 5.91 Å². The summed E-state index contributed by atoms with van der Waals surface area (Å²) in [5, 5.41) is 6.91. The molecule has 2 atom stereocenters. The largest absolute Gasteiger partial charge is 0.367 e. The topological polar surface area (TPSA) is 41.9 Å². The average molecular weight is 484 g/mol. The molecular formula is C24H20BrClN2O2. The first-order chi connectivity index (χ1) is 14.6. The number of hydrogen-bond donors (Lipinski definition) is 0. The summed E-state index contributed by atoms with van der Waals surface area (Å²) < 4.78 is 6.55. The third kappa shape index (κ3) is 4.33. The normalized spacial score (nSPS) is 17.0. The minimum absolute atomic E-state index is 0.210. The lowest BCUT2D eigenvalue weighted by Gasteiger charge is -2.26. The van der Waals surface area contributed by atoms with Crippen molar-refractivity contribution in [3.05, 3.63) is 105 Å². The molecule has 3 aromatic carbocycles. The molecule has 30 heavy (non-hydrogen) atoms. The van der Waals surface area contributed by atoms with Crippen molar-refractivity contribution in [2.45, 2.75) is 18.6 Å². The lowest BCUT2D eigenvalue weighted by molar-refractivity contribution is -0.144. The second kappa shape index (κ2) is 9.13. The molecule has 0 unspecified atom stereocenters. The van der Waals surface area contributed by atoms with Crippen molar-refractivity contribution >= 4 is 39.1 Å². The van der Waals surface area contributed by atoms with E-state index >= 15 is 0 Å². The summed E-state index contributed by atoms with van der Waals surface area (Å²) in [5.41, 5.74) is 3.55. The molecule has 1 aliphatic heterocycles. The van der Waals surface area contributed by atoms with Crippen molar-refractivity contribution in [2.24, 2.45) is 5.10 Å². The molecule has 1 heterocycles. The molecule has 0 aromatic heterocycles. The third-order valence-corrected chi connectivity index (χ3v) is 5.82. The summed E-state index contributed by atoms with van der Waals surface area (Å²) in [4.78, 5) is 13.5. The molecule has 4 rings (SSSR count). The number of carbonyl (C=O) groups excluding carboxylic acids is 1. The van der Waals surface area contributed by atoms with Crippen LogP contribution in [0.1, 0.15) is 35.3 Å². The molecule has 0 N–H and O–H groups in total. The van der Waals surface area contributed by atoms with Crippen molar-refractivity contribution in [1.82, 2.24) is 5.01 Å². The van der Waals surface area contributed by atoms with Crippen LogP contribution in [0.5, 0.6) is 0 Å². The van der Waals surface area contributed by atoms with E-state index in [0.717, 1.165) is 26.9 Å². The Morgan fingerprint density at radius 1 is 1.10 bits per heavy atom. The lowest BCUT2D eigenvalue weighted by atomic mass is 9.98. The van der Waals surface area contributed by atoms with Crippen LogP contribution < -0.4 is 0 Å². The van der Waals surface area contributed by atoms with Gasteiger partial charge in [-0.15, -0.1) is 0 Å². The van der Waals surface area contributed by atoms with Crippen LogP contribution in [0, 0.1) is 0 Å². The van der Waals surface area contributed by atoms with E-state index in [1.165, 1.54) is 0 Å². The highest BCUT2D eigenvalue weighted by atomic mass is 79.9. The average Bonchev–Trinajstić information content (AvgIpc) is 3.21. The van der Waals surface area contributed by atoms with E-state index in [0.29, 0.717) is 11.4 Å². The first-order valence-corrected chi connectivity index (χ1v) is 10.7. The van der Waals surface area contributed by atoms with Gasteiger partial charge < -0.3 is 4.74 Å². The first-order valence-electron chi connectivity index (χ1n) is 9.56. The Balaban J connectivity index is 1.74. The number of hydrazone groups is 1. The first kappa shape index (κ1) is 20.8. The van der Waals surface area contributed by atoms with Crippen molar-refractivity contribution in [1.29, 1.82) is 0 Å². The van der Waals surface area contributed by atoms with Crippen LogP contribution >= 0.6 is 27.5 Å². The summed E-state index contributed by atoms with van der Waals surface area (Å²) in [7, 11) is 1.54. The zero-order chi connectivity index (χ0) is 21.1. The van der Waals surface area contributed by atoms with Gasteiger partial charge in [-0.2, -0.15) is 5.10 Å². The van der Waals surface area contributed by atoms with Gasteiger partial charge in [0.2, 0.25) is 0 Å². The van der Waals surface area contributed by atoms with Crippen LogP contribution in [0.2, 0.25) is 5.02 Å². The fourth-order valence-electron chi connectivity index (χ4n) is 3.66. The Hall–Kier alpha value is -2.47. The van der Waals surface area contributed by atoms with Gasteiger partial charge in [-0.05, 0) is 41.0 Å². The van der Waals surface area contributed by atoms with Gasteiger partial charge in [-0.1, -0.05) is 82.1 Å². The molecule has 0 fully saturated rings.